The van der Waals surface area contributed by atoms with Gasteiger partial charge in [-0.15, -0.1) is 0 Å². The Morgan fingerprint density at radius 1 is 1.21 bits per heavy atom. The van der Waals surface area contributed by atoms with E-state index in [1.165, 1.54) is 19.2 Å². The molecule has 3 aromatic rings. The summed E-state index contributed by atoms with van der Waals surface area (Å²) < 4.78 is 25.5. The maximum absolute atomic E-state index is 13.6. The van der Waals surface area contributed by atoms with Crippen LogP contribution in [0.15, 0.2) is 65.1 Å². The van der Waals surface area contributed by atoms with Crippen molar-refractivity contribution in [2.75, 3.05) is 19.0 Å². The van der Waals surface area contributed by atoms with Crippen LogP contribution in [0.5, 0.6) is 11.5 Å². The minimum absolute atomic E-state index is 0.187. The van der Waals surface area contributed by atoms with Crippen LogP contribution in [0.4, 0.5) is 10.1 Å². The van der Waals surface area contributed by atoms with Crippen molar-refractivity contribution in [2.24, 2.45) is 0 Å². The highest BCUT2D eigenvalue weighted by atomic mass is 79.9. The first-order valence-corrected chi connectivity index (χ1v) is 13.2. The summed E-state index contributed by atoms with van der Waals surface area (Å²) in [5, 5.41) is 15.7. The minimum atomic E-state index is -1.39. The molecule has 0 saturated carbocycles. The molecule has 38 heavy (non-hydrogen) atoms. The van der Waals surface area contributed by atoms with Gasteiger partial charge in [0.25, 0.3) is 11.9 Å². The Morgan fingerprint density at radius 3 is 2.71 bits per heavy atom. The molecule has 1 spiro atoms. The Bertz CT molecular complexity index is 1430. The number of rotatable bonds is 6. The second-order valence-corrected chi connectivity index (χ2v) is 10.7. The third kappa shape index (κ3) is 3.61. The highest BCUT2D eigenvalue weighted by molar-refractivity contribution is 9.10. The average molecular weight is 582 g/mol. The third-order valence-electron chi connectivity index (χ3n) is 8.03. The highest BCUT2D eigenvalue weighted by Crippen LogP contribution is 2.58. The Kier molecular flexibility index (Phi) is 6.11. The normalized spacial score (nSPS) is 25.8. The molecule has 2 fully saturated rings. The number of fused-ring (bicyclic) bond motifs is 4. The smallest absolute Gasteiger partial charge is 0.256 e. The van der Waals surface area contributed by atoms with Gasteiger partial charge in [0.15, 0.2) is 17.0 Å². The van der Waals surface area contributed by atoms with Crippen molar-refractivity contribution in [3.8, 4) is 11.5 Å². The van der Waals surface area contributed by atoms with Crippen molar-refractivity contribution in [3.63, 3.8) is 0 Å². The number of amides is 1. The van der Waals surface area contributed by atoms with Crippen molar-refractivity contribution >= 4 is 27.5 Å². The molecule has 3 heterocycles. The fourth-order valence-electron chi connectivity index (χ4n) is 6.58. The maximum Gasteiger partial charge on any atom is 0.256 e. The van der Waals surface area contributed by atoms with Crippen LogP contribution >= 0.6 is 15.9 Å². The molecule has 3 aliphatic heterocycles. The lowest BCUT2D eigenvalue weighted by molar-refractivity contribution is -0.534. The molecule has 0 aromatic heterocycles. The quantitative estimate of drug-likeness (QED) is 0.316. The lowest BCUT2D eigenvalue weighted by atomic mass is 9.77. The number of nitrogens with zero attached hydrogens (tertiary/aromatic N) is 2. The van der Waals surface area contributed by atoms with Crippen molar-refractivity contribution < 1.29 is 23.6 Å². The SMILES string of the molecule is COc1cc([C@H]2[C@H]([N+](=O)[O-])[C@]3(C(=O)Nc4ccccc43)N3CCC[C@@H]23)cc(Br)c1OCc1ccc(F)cc1. The Labute approximate surface area is 227 Å². The molecule has 1 amide bonds. The van der Waals surface area contributed by atoms with Gasteiger partial charge in [0.2, 0.25) is 0 Å². The molecule has 3 aliphatic rings. The van der Waals surface area contributed by atoms with Gasteiger partial charge in [0.1, 0.15) is 12.4 Å². The van der Waals surface area contributed by atoms with Crippen LogP contribution in [0.1, 0.15) is 35.4 Å². The predicted octanol–water partition coefficient (Wildman–Crippen LogP) is 5.23. The van der Waals surface area contributed by atoms with E-state index >= 15 is 0 Å². The van der Waals surface area contributed by atoms with Crippen molar-refractivity contribution in [1.29, 1.82) is 0 Å². The molecule has 8 nitrogen and oxygen atoms in total. The molecule has 4 atom stereocenters. The van der Waals surface area contributed by atoms with E-state index in [4.69, 9.17) is 9.47 Å². The standard InChI is InChI=1S/C28H25BrFN3O5/c1-37-23-14-17(13-20(29)25(23)38-15-16-8-10-18(30)11-9-16)24-22-7-4-12-32(22)28(26(24)33(35)36)19-5-2-3-6-21(19)31-27(28)34/h2-3,5-6,8-11,13-14,22,24,26H,4,7,12,15H2,1H3,(H,31,34)/t22-,24+,26-,28+/m0/s1. The number of para-hydroxylation sites is 1. The van der Waals surface area contributed by atoms with Gasteiger partial charge in [-0.3, -0.25) is 19.8 Å². The van der Waals surface area contributed by atoms with E-state index in [1.54, 1.807) is 24.3 Å². The summed E-state index contributed by atoms with van der Waals surface area (Å²) in [6.07, 6.45) is 1.59. The van der Waals surface area contributed by atoms with Crippen LogP contribution in [0.3, 0.4) is 0 Å². The van der Waals surface area contributed by atoms with Gasteiger partial charge in [0, 0.05) is 28.8 Å². The van der Waals surface area contributed by atoms with Crippen molar-refractivity contribution in [3.05, 3.63) is 97.8 Å². The number of nitro groups is 1. The first kappa shape index (κ1) is 24.8. The van der Waals surface area contributed by atoms with E-state index in [0.717, 1.165) is 18.4 Å². The number of methoxy groups -OCH3 is 1. The highest BCUT2D eigenvalue weighted by Gasteiger charge is 2.73. The number of nitrogens with one attached hydrogen (secondary N) is 1. The molecule has 2 saturated heterocycles. The largest absolute Gasteiger partial charge is 0.493 e. The molecule has 0 radical (unpaired) electrons. The van der Waals surface area contributed by atoms with E-state index in [1.807, 2.05) is 29.2 Å². The number of hydrogen-bond donors (Lipinski definition) is 1. The fourth-order valence-corrected chi connectivity index (χ4v) is 7.16. The molecule has 0 aliphatic carbocycles. The summed E-state index contributed by atoms with van der Waals surface area (Å²) in [6, 6.07) is 15.5. The van der Waals surface area contributed by atoms with E-state index in [-0.39, 0.29) is 29.3 Å². The van der Waals surface area contributed by atoms with Gasteiger partial charge in [-0.2, -0.15) is 0 Å². The van der Waals surface area contributed by atoms with Crippen LogP contribution in [0, 0.1) is 15.9 Å². The van der Waals surface area contributed by atoms with E-state index < -0.39 is 17.5 Å². The maximum atomic E-state index is 13.6. The van der Waals surface area contributed by atoms with Crippen LogP contribution in [0.2, 0.25) is 0 Å². The van der Waals surface area contributed by atoms with Gasteiger partial charge in [0.05, 0.1) is 17.5 Å². The van der Waals surface area contributed by atoms with E-state index in [0.29, 0.717) is 39.3 Å². The molecule has 0 bridgehead atoms. The van der Waals surface area contributed by atoms with Crippen molar-refractivity contribution in [2.45, 2.75) is 43.0 Å². The molecule has 6 rings (SSSR count). The van der Waals surface area contributed by atoms with Gasteiger partial charge in [-0.05, 0) is 70.2 Å². The summed E-state index contributed by atoms with van der Waals surface area (Å²) in [4.78, 5) is 28.2. The molecule has 1 N–H and O–H groups in total. The monoisotopic (exact) mass is 581 g/mol. The number of hydrogen-bond acceptors (Lipinski definition) is 6. The predicted molar refractivity (Wildman–Crippen MR) is 141 cm³/mol. The summed E-state index contributed by atoms with van der Waals surface area (Å²) in [5.41, 5.74) is 1.38. The zero-order valence-electron chi connectivity index (χ0n) is 20.5. The molecule has 0 unspecified atom stereocenters. The molecule has 196 valence electrons. The first-order chi connectivity index (χ1) is 18.4. The first-order valence-electron chi connectivity index (χ1n) is 12.4. The zero-order valence-corrected chi connectivity index (χ0v) is 22.1. The molecule has 10 heteroatoms. The van der Waals surface area contributed by atoms with Crippen LogP contribution in [0.25, 0.3) is 0 Å². The van der Waals surface area contributed by atoms with Gasteiger partial charge in [-0.25, -0.2) is 4.39 Å². The Balaban J connectivity index is 1.42. The second-order valence-electron chi connectivity index (χ2n) is 9.87. The average Bonchev–Trinajstić information content (AvgIpc) is 3.57. The number of carbonyl (C=O) groups excluding carboxylic acids is 1. The Hall–Kier alpha value is -3.50. The van der Waals surface area contributed by atoms with Gasteiger partial charge < -0.3 is 14.8 Å². The van der Waals surface area contributed by atoms with E-state index in [2.05, 4.69) is 21.2 Å². The zero-order chi connectivity index (χ0) is 26.6. The minimum Gasteiger partial charge on any atom is -0.493 e. The fraction of sp³-hybridized carbons (Fsp3) is 0.321. The van der Waals surface area contributed by atoms with Crippen LogP contribution in [-0.2, 0) is 16.9 Å². The number of ether oxygens (including phenoxy) is 2. The lowest BCUT2D eigenvalue weighted by Crippen LogP contribution is -2.55. The van der Waals surface area contributed by atoms with E-state index in [9.17, 15) is 19.3 Å². The number of carbonyl (C=O) groups is 1. The number of anilines is 1. The summed E-state index contributed by atoms with van der Waals surface area (Å²) in [7, 11) is 1.51. The molecule has 3 aromatic carbocycles. The number of halogens is 2. The van der Waals surface area contributed by atoms with Gasteiger partial charge >= 0.3 is 0 Å². The van der Waals surface area contributed by atoms with Crippen LogP contribution in [-0.4, -0.2) is 41.5 Å². The van der Waals surface area contributed by atoms with Crippen molar-refractivity contribution in [1.82, 2.24) is 4.90 Å². The van der Waals surface area contributed by atoms with Gasteiger partial charge in [-0.1, -0.05) is 30.3 Å². The molecular formula is C28H25BrFN3O5. The summed E-state index contributed by atoms with van der Waals surface area (Å²) >= 11 is 3.59. The Morgan fingerprint density at radius 2 is 1.97 bits per heavy atom. The lowest BCUT2D eigenvalue weighted by Gasteiger charge is -2.32. The van der Waals surface area contributed by atoms with Crippen LogP contribution < -0.4 is 14.8 Å². The second kappa shape index (κ2) is 9.36. The third-order valence-corrected chi connectivity index (χ3v) is 8.62. The number of benzene rings is 3. The summed E-state index contributed by atoms with van der Waals surface area (Å²) in [5.74, 6) is -0.370. The summed E-state index contributed by atoms with van der Waals surface area (Å²) in [6.45, 7) is 0.788. The topological polar surface area (TPSA) is 93.9 Å². The molecular weight excluding hydrogens is 557 g/mol.